The SMILES string of the molecule is CCC1(C)CCSC(=NCCN(C)C(C)C)N1. The second kappa shape index (κ2) is 6.64. The second-order valence-electron chi connectivity index (χ2n) is 5.40. The molecule has 1 aliphatic rings. The van der Waals surface area contributed by atoms with Crippen molar-refractivity contribution in [2.24, 2.45) is 4.99 Å². The monoisotopic (exact) mass is 257 g/mol. The van der Waals surface area contributed by atoms with E-state index in [1.807, 2.05) is 11.8 Å². The molecule has 1 fully saturated rings. The molecule has 0 spiro atoms. The van der Waals surface area contributed by atoms with Gasteiger partial charge in [-0.25, -0.2) is 0 Å². The van der Waals surface area contributed by atoms with Crippen molar-refractivity contribution < 1.29 is 0 Å². The van der Waals surface area contributed by atoms with E-state index >= 15 is 0 Å². The number of amidine groups is 1. The predicted octanol–water partition coefficient (Wildman–Crippen LogP) is 2.58. The lowest BCUT2D eigenvalue weighted by Gasteiger charge is -2.35. The van der Waals surface area contributed by atoms with Crippen molar-refractivity contribution in [2.75, 3.05) is 25.9 Å². The molecule has 0 aromatic heterocycles. The molecule has 0 saturated carbocycles. The maximum Gasteiger partial charge on any atom is 0.157 e. The Labute approximate surface area is 110 Å². The van der Waals surface area contributed by atoms with Crippen LogP contribution in [0, 0.1) is 0 Å². The summed E-state index contributed by atoms with van der Waals surface area (Å²) in [5, 5.41) is 4.71. The number of nitrogens with zero attached hydrogens (tertiary/aromatic N) is 2. The highest BCUT2D eigenvalue weighted by atomic mass is 32.2. The van der Waals surface area contributed by atoms with Crippen molar-refractivity contribution in [3.05, 3.63) is 0 Å². The molecule has 0 bridgehead atoms. The van der Waals surface area contributed by atoms with Crippen LogP contribution in [0.1, 0.15) is 40.5 Å². The Morgan fingerprint density at radius 2 is 2.24 bits per heavy atom. The van der Waals surface area contributed by atoms with Crippen LogP contribution in [-0.4, -0.2) is 47.5 Å². The maximum atomic E-state index is 4.68. The van der Waals surface area contributed by atoms with Gasteiger partial charge >= 0.3 is 0 Å². The highest BCUT2D eigenvalue weighted by molar-refractivity contribution is 8.13. The van der Waals surface area contributed by atoms with Gasteiger partial charge in [0.05, 0.1) is 6.54 Å². The highest BCUT2D eigenvalue weighted by Gasteiger charge is 2.27. The zero-order valence-electron chi connectivity index (χ0n) is 11.9. The zero-order valence-corrected chi connectivity index (χ0v) is 12.7. The molecule has 1 heterocycles. The fourth-order valence-electron chi connectivity index (χ4n) is 1.65. The van der Waals surface area contributed by atoms with Crippen LogP contribution in [0.15, 0.2) is 4.99 Å². The minimum Gasteiger partial charge on any atom is -0.360 e. The second-order valence-corrected chi connectivity index (χ2v) is 6.48. The summed E-state index contributed by atoms with van der Waals surface area (Å²) < 4.78 is 0. The van der Waals surface area contributed by atoms with Crippen molar-refractivity contribution >= 4 is 16.9 Å². The van der Waals surface area contributed by atoms with E-state index in [0.717, 1.165) is 18.3 Å². The number of hydrogen-bond donors (Lipinski definition) is 1. The molecule has 1 saturated heterocycles. The number of thioether (sulfide) groups is 1. The number of likely N-dealkylation sites (N-methyl/N-ethyl adjacent to an activating group) is 1. The van der Waals surface area contributed by atoms with E-state index in [2.05, 4.69) is 50.0 Å². The molecule has 1 N–H and O–H groups in total. The van der Waals surface area contributed by atoms with Gasteiger partial charge in [0.25, 0.3) is 0 Å². The summed E-state index contributed by atoms with van der Waals surface area (Å²) in [6, 6.07) is 0.600. The Morgan fingerprint density at radius 3 is 2.82 bits per heavy atom. The number of rotatable bonds is 5. The van der Waals surface area contributed by atoms with Gasteiger partial charge in [0.2, 0.25) is 0 Å². The lowest BCUT2D eigenvalue weighted by molar-refractivity contribution is 0.282. The van der Waals surface area contributed by atoms with Crippen LogP contribution < -0.4 is 5.32 Å². The van der Waals surface area contributed by atoms with Crippen LogP contribution in [0.3, 0.4) is 0 Å². The maximum absolute atomic E-state index is 4.68. The van der Waals surface area contributed by atoms with Crippen LogP contribution in [-0.2, 0) is 0 Å². The van der Waals surface area contributed by atoms with E-state index < -0.39 is 0 Å². The van der Waals surface area contributed by atoms with Crippen molar-refractivity contribution in [1.82, 2.24) is 10.2 Å². The van der Waals surface area contributed by atoms with Crippen LogP contribution in [0.4, 0.5) is 0 Å². The number of nitrogens with one attached hydrogen (secondary N) is 1. The smallest absolute Gasteiger partial charge is 0.157 e. The average Bonchev–Trinajstić information content (AvgIpc) is 2.29. The first-order chi connectivity index (χ1) is 7.97. The predicted molar refractivity (Wildman–Crippen MR) is 79.0 cm³/mol. The molecule has 1 unspecified atom stereocenters. The molecule has 0 aromatic rings. The molecule has 0 radical (unpaired) electrons. The Hall–Kier alpha value is -0.220. The lowest BCUT2D eigenvalue weighted by Crippen LogP contribution is -2.48. The molecule has 1 rings (SSSR count). The van der Waals surface area contributed by atoms with Crippen molar-refractivity contribution in [2.45, 2.75) is 52.1 Å². The molecular weight excluding hydrogens is 230 g/mol. The minimum atomic E-state index is 0.258. The van der Waals surface area contributed by atoms with Crippen molar-refractivity contribution in [3.63, 3.8) is 0 Å². The summed E-state index contributed by atoms with van der Waals surface area (Å²) in [4.78, 5) is 7.01. The molecule has 0 aromatic carbocycles. The molecule has 0 aliphatic carbocycles. The Balaban J connectivity index is 2.39. The van der Waals surface area contributed by atoms with Gasteiger partial charge in [0, 0.05) is 23.9 Å². The van der Waals surface area contributed by atoms with Crippen LogP contribution in [0.5, 0.6) is 0 Å². The normalized spacial score (nSPS) is 27.8. The topological polar surface area (TPSA) is 27.6 Å². The van der Waals surface area contributed by atoms with Gasteiger partial charge in [-0.1, -0.05) is 18.7 Å². The summed E-state index contributed by atoms with van der Waals surface area (Å²) in [7, 11) is 2.16. The molecule has 17 heavy (non-hydrogen) atoms. The van der Waals surface area contributed by atoms with E-state index in [4.69, 9.17) is 0 Å². The van der Waals surface area contributed by atoms with Gasteiger partial charge in [0.1, 0.15) is 0 Å². The zero-order chi connectivity index (χ0) is 12.9. The van der Waals surface area contributed by atoms with Crippen molar-refractivity contribution in [1.29, 1.82) is 0 Å². The van der Waals surface area contributed by atoms with E-state index in [0.29, 0.717) is 6.04 Å². The van der Waals surface area contributed by atoms with E-state index in [1.165, 1.54) is 18.6 Å². The largest absolute Gasteiger partial charge is 0.360 e. The molecule has 3 nitrogen and oxygen atoms in total. The summed E-state index contributed by atoms with van der Waals surface area (Å²) in [5.74, 6) is 1.19. The fraction of sp³-hybridized carbons (Fsp3) is 0.923. The van der Waals surface area contributed by atoms with Crippen LogP contribution in [0.2, 0.25) is 0 Å². The standard InChI is InChI=1S/C13H27N3S/c1-6-13(4)7-10-17-12(15-13)14-8-9-16(5)11(2)3/h11H,6-10H2,1-5H3,(H,14,15). The third kappa shape index (κ3) is 4.88. The van der Waals surface area contributed by atoms with Gasteiger partial charge in [-0.15, -0.1) is 0 Å². The van der Waals surface area contributed by atoms with E-state index in [-0.39, 0.29) is 5.54 Å². The molecule has 1 aliphatic heterocycles. The average molecular weight is 257 g/mol. The molecule has 1 atom stereocenters. The highest BCUT2D eigenvalue weighted by Crippen LogP contribution is 2.24. The van der Waals surface area contributed by atoms with Gasteiger partial charge in [-0.2, -0.15) is 0 Å². The summed E-state index contributed by atoms with van der Waals surface area (Å²) in [6.45, 7) is 10.9. The minimum absolute atomic E-state index is 0.258. The van der Waals surface area contributed by atoms with Crippen molar-refractivity contribution in [3.8, 4) is 0 Å². The molecule has 100 valence electrons. The number of aliphatic imine (C=N–C) groups is 1. The number of hydrogen-bond acceptors (Lipinski definition) is 3. The first-order valence-corrected chi connectivity index (χ1v) is 7.61. The van der Waals surface area contributed by atoms with Crippen LogP contribution >= 0.6 is 11.8 Å². The van der Waals surface area contributed by atoms with Gasteiger partial charge in [0.15, 0.2) is 5.17 Å². The molecular formula is C13H27N3S. The van der Waals surface area contributed by atoms with Crippen LogP contribution in [0.25, 0.3) is 0 Å². The quantitative estimate of drug-likeness (QED) is 0.820. The Kier molecular flexibility index (Phi) is 5.80. The first kappa shape index (κ1) is 14.8. The summed E-state index contributed by atoms with van der Waals surface area (Å²) in [6.07, 6.45) is 2.40. The first-order valence-electron chi connectivity index (χ1n) is 6.62. The van der Waals surface area contributed by atoms with Gasteiger partial charge in [-0.3, -0.25) is 4.99 Å². The lowest BCUT2D eigenvalue weighted by atomic mass is 9.96. The molecule has 4 heteroatoms. The Bertz CT molecular complexity index is 265. The van der Waals surface area contributed by atoms with Gasteiger partial charge in [-0.05, 0) is 40.7 Å². The van der Waals surface area contributed by atoms with Gasteiger partial charge < -0.3 is 10.2 Å². The fourth-order valence-corrected chi connectivity index (χ4v) is 2.89. The third-order valence-electron chi connectivity index (χ3n) is 3.67. The van der Waals surface area contributed by atoms with E-state index in [1.54, 1.807) is 0 Å². The Morgan fingerprint density at radius 1 is 1.53 bits per heavy atom. The molecule has 0 amide bonds. The van der Waals surface area contributed by atoms with E-state index in [9.17, 15) is 0 Å². The summed E-state index contributed by atoms with van der Waals surface area (Å²) >= 11 is 1.86. The summed E-state index contributed by atoms with van der Waals surface area (Å²) in [5.41, 5.74) is 0.258. The third-order valence-corrected chi connectivity index (χ3v) is 4.58.